The van der Waals surface area contributed by atoms with E-state index in [9.17, 15) is 14.0 Å². The van der Waals surface area contributed by atoms with E-state index in [1.165, 1.54) is 17.0 Å². The number of benzene rings is 2. The van der Waals surface area contributed by atoms with Gasteiger partial charge in [0.15, 0.2) is 0 Å². The molecule has 0 aromatic heterocycles. The van der Waals surface area contributed by atoms with Crippen LogP contribution in [0.5, 0.6) is 0 Å². The third-order valence-corrected chi connectivity index (χ3v) is 4.30. The highest BCUT2D eigenvalue weighted by Gasteiger charge is 2.34. The molecule has 1 unspecified atom stereocenters. The number of hydrogen-bond acceptors (Lipinski definition) is 2. The van der Waals surface area contributed by atoms with Gasteiger partial charge in [0.1, 0.15) is 11.9 Å². The average molecular weight is 362 g/mol. The van der Waals surface area contributed by atoms with E-state index >= 15 is 0 Å². The van der Waals surface area contributed by atoms with Crippen LogP contribution in [-0.4, -0.2) is 29.4 Å². The normalized spacial score (nSPS) is 16.6. The van der Waals surface area contributed by atoms with Crippen molar-refractivity contribution in [1.82, 2.24) is 4.90 Å². The van der Waals surface area contributed by atoms with Crippen molar-refractivity contribution >= 4 is 34.9 Å². The van der Waals surface area contributed by atoms with Gasteiger partial charge in [-0.3, -0.25) is 4.79 Å². The van der Waals surface area contributed by atoms with Crippen molar-refractivity contribution in [2.45, 2.75) is 18.9 Å². The molecule has 130 valence electrons. The van der Waals surface area contributed by atoms with Gasteiger partial charge in [-0.05, 0) is 49.2 Å². The molecule has 3 rings (SSSR count). The third-order valence-electron chi connectivity index (χ3n) is 4.04. The summed E-state index contributed by atoms with van der Waals surface area (Å²) < 4.78 is 13.7. The maximum Gasteiger partial charge on any atom is 0.322 e. The second-order valence-corrected chi connectivity index (χ2v) is 6.19. The van der Waals surface area contributed by atoms with Crippen molar-refractivity contribution in [3.8, 4) is 0 Å². The number of nitrogens with zero attached hydrogens (tertiary/aromatic N) is 1. The number of likely N-dealkylation sites (tertiary alicyclic amines) is 1. The van der Waals surface area contributed by atoms with E-state index in [2.05, 4.69) is 10.6 Å². The Labute approximate surface area is 149 Å². The SMILES string of the molecule is O=C(Nc1ccccc1F)C1CCCN1C(=O)Nc1ccc(Cl)cc1. The lowest BCUT2D eigenvalue weighted by Gasteiger charge is -2.24. The summed E-state index contributed by atoms with van der Waals surface area (Å²) in [4.78, 5) is 26.4. The van der Waals surface area contributed by atoms with Crippen LogP contribution in [0.25, 0.3) is 0 Å². The molecule has 1 fully saturated rings. The number of nitrogens with one attached hydrogen (secondary N) is 2. The summed E-state index contributed by atoms with van der Waals surface area (Å²) in [6, 6.07) is 11.7. The Morgan fingerprint density at radius 2 is 1.80 bits per heavy atom. The minimum atomic E-state index is -0.632. The van der Waals surface area contributed by atoms with Crippen molar-refractivity contribution < 1.29 is 14.0 Å². The minimum absolute atomic E-state index is 0.109. The van der Waals surface area contributed by atoms with Crippen molar-refractivity contribution in [1.29, 1.82) is 0 Å². The summed E-state index contributed by atoms with van der Waals surface area (Å²) in [6.07, 6.45) is 1.25. The minimum Gasteiger partial charge on any atom is -0.322 e. The Morgan fingerprint density at radius 1 is 1.08 bits per heavy atom. The lowest BCUT2D eigenvalue weighted by atomic mass is 10.2. The van der Waals surface area contributed by atoms with E-state index in [1.54, 1.807) is 36.4 Å². The van der Waals surface area contributed by atoms with E-state index in [0.29, 0.717) is 30.1 Å². The van der Waals surface area contributed by atoms with Crippen molar-refractivity contribution in [2.75, 3.05) is 17.2 Å². The Bertz CT molecular complexity index is 782. The zero-order chi connectivity index (χ0) is 17.8. The molecule has 1 aliphatic rings. The lowest BCUT2D eigenvalue weighted by molar-refractivity contribution is -0.119. The molecule has 1 heterocycles. The highest BCUT2D eigenvalue weighted by molar-refractivity contribution is 6.30. The van der Waals surface area contributed by atoms with E-state index in [-0.39, 0.29) is 11.7 Å². The van der Waals surface area contributed by atoms with Crippen LogP contribution >= 0.6 is 11.6 Å². The zero-order valence-corrected chi connectivity index (χ0v) is 14.1. The number of amides is 3. The second-order valence-electron chi connectivity index (χ2n) is 5.76. The lowest BCUT2D eigenvalue weighted by Crippen LogP contribution is -2.45. The molecule has 25 heavy (non-hydrogen) atoms. The summed E-state index contributed by atoms with van der Waals surface area (Å²) in [5.74, 6) is -0.903. The molecule has 7 heteroatoms. The molecule has 0 saturated carbocycles. The zero-order valence-electron chi connectivity index (χ0n) is 13.3. The largest absolute Gasteiger partial charge is 0.322 e. The van der Waals surface area contributed by atoms with Gasteiger partial charge in [-0.15, -0.1) is 0 Å². The number of carbonyl (C=O) groups excluding carboxylic acids is 2. The number of anilines is 2. The standard InChI is InChI=1S/C18H17ClFN3O2/c19-12-7-9-13(10-8-12)21-18(25)23-11-3-6-16(23)17(24)22-15-5-2-1-4-14(15)20/h1-2,4-5,7-10,16H,3,6,11H2,(H,21,25)(H,22,24). The number of hydrogen-bond donors (Lipinski definition) is 2. The van der Waals surface area contributed by atoms with E-state index < -0.39 is 17.8 Å². The number of halogens is 2. The molecule has 5 nitrogen and oxygen atoms in total. The van der Waals surface area contributed by atoms with Crippen LogP contribution in [0.2, 0.25) is 5.02 Å². The molecule has 0 spiro atoms. The maximum atomic E-state index is 13.7. The van der Waals surface area contributed by atoms with Crippen LogP contribution in [0, 0.1) is 5.82 Å². The molecule has 0 aliphatic carbocycles. The molecule has 2 aromatic rings. The van der Waals surface area contributed by atoms with Gasteiger partial charge in [-0.25, -0.2) is 9.18 Å². The molecule has 1 saturated heterocycles. The van der Waals surface area contributed by atoms with E-state index in [0.717, 1.165) is 0 Å². The van der Waals surface area contributed by atoms with Crippen molar-refractivity contribution in [2.24, 2.45) is 0 Å². The second kappa shape index (κ2) is 7.53. The predicted octanol–water partition coefficient (Wildman–Crippen LogP) is 4.11. The van der Waals surface area contributed by atoms with Gasteiger partial charge >= 0.3 is 6.03 Å². The summed E-state index contributed by atoms with van der Waals surface area (Å²) in [5, 5.41) is 5.87. The van der Waals surface area contributed by atoms with Crippen molar-refractivity contribution in [3.63, 3.8) is 0 Å². The van der Waals surface area contributed by atoms with Crippen LogP contribution in [0.15, 0.2) is 48.5 Å². The molecule has 1 aliphatic heterocycles. The summed E-state index contributed by atoms with van der Waals surface area (Å²) >= 11 is 5.82. The van der Waals surface area contributed by atoms with Gasteiger partial charge < -0.3 is 15.5 Å². The van der Waals surface area contributed by atoms with Crippen molar-refractivity contribution in [3.05, 3.63) is 59.4 Å². The molecular formula is C18H17ClFN3O2. The number of carbonyl (C=O) groups is 2. The maximum absolute atomic E-state index is 13.7. The third kappa shape index (κ3) is 4.09. The molecule has 2 N–H and O–H groups in total. The molecule has 0 radical (unpaired) electrons. The van der Waals surface area contributed by atoms with Crippen LogP contribution < -0.4 is 10.6 Å². The van der Waals surface area contributed by atoms with E-state index in [4.69, 9.17) is 11.6 Å². The summed E-state index contributed by atoms with van der Waals surface area (Å²) in [7, 11) is 0. The van der Waals surface area contributed by atoms with Crippen LogP contribution in [-0.2, 0) is 4.79 Å². The first kappa shape index (κ1) is 17.2. The molecular weight excluding hydrogens is 345 g/mol. The Hall–Kier alpha value is -2.60. The van der Waals surface area contributed by atoms with Gasteiger partial charge in [0.05, 0.1) is 5.69 Å². The molecule has 1 atom stereocenters. The predicted molar refractivity (Wildman–Crippen MR) is 95.2 cm³/mol. The van der Waals surface area contributed by atoms with Crippen LogP contribution in [0.4, 0.5) is 20.6 Å². The first-order valence-corrected chi connectivity index (χ1v) is 8.31. The monoisotopic (exact) mass is 361 g/mol. The molecule has 0 bridgehead atoms. The number of urea groups is 1. The number of rotatable bonds is 3. The Kier molecular flexibility index (Phi) is 5.19. The topological polar surface area (TPSA) is 61.4 Å². The van der Waals surface area contributed by atoms with Gasteiger partial charge in [-0.2, -0.15) is 0 Å². The Balaban J connectivity index is 1.67. The summed E-state index contributed by atoms with van der Waals surface area (Å²) in [6.45, 7) is 0.467. The van der Waals surface area contributed by atoms with Gasteiger partial charge in [-0.1, -0.05) is 23.7 Å². The highest BCUT2D eigenvalue weighted by atomic mass is 35.5. The van der Waals surface area contributed by atoms with Crippen LogP contribution in [0.1, 0.15) is 12.8 Å². The molecule has 3 amide bonds. The summed E-state index contributed by atoms with van der Waals surface area (Å²) in [5.41, 5.74) is 0.701. The van der Waals surface area contributed by atoms with E-state index in [1.807, 2.05) is 0 Å². The fourth-order valence-electron chi connectivity index (χ4n) is 2.79. The van der Waals surface area contributed by atoms with Crippen LogP contribution in [0.3, 0.4) is 0 Å². The quantitative estimate of drug-likeness (QED) is 0.864. The first-order valence-electron chi connectivity index (χ1n) is 7.93. The smallest absolute Gasteiger partial charge is 0.322 e. The number of para-hydroxylation sites is 1. The first-order chi connectivity index (χ1) is 12.0. The highest BCUT2D eigenvalue weighted by Crippen LogP contribution is 2.22. The van der Waals surface area contributed by atoms with Gasteiger partial charge in [0.25, 0.3) is 0 Å². The average Bonchev–Trinajstić information content (AvgIpc) is 3.09. The Morgan fingerprint density at radius 3 is 2.52 bits per heavy atom. The molecule has 2 aromatic carbocycles. The van der Waals surface area contributed by atoms with Gasteiger partial charge in [0.2, 0.25) is 5.91 Å². The fraction of sp³-hybridized carbons (Fsp3) is 0.222. The van der Waals surface area contributed by atoms with Gasteiger partial charge in [0, 0.05) is 17.3 Å². The fourth-order valence-corrected chi connectivity index (χ4v) is 2.92.